The van der Waals surface area contributed by atoms with E-state index in [0.717, 1.165) is 18.8 Å². The van der Waals surface area contributed by atoms with Crippen molar-refractivity contribution in [3.8, 4) is 0 Å². The molecule has 1 aromatic carbocycles. The Labute approximate surface area is 125 Å². The number of benzene rings is 1. The summed E-state index contributed by atoms with van der Waals surface area (Å²) in [7, 11) is -3.75. The number of rotatable bonds is 3. The van der Waals surface area contributed by atoms with Gasteiger partial charge in [0, 0.05) is 6.04 Å². The van der Waals surface area contributed by atoms with Gasteiger partial charge in [0.05, 0.1) is 0 Å². The second kappa shape index (κ2) is 4.78. The molecule has 0 heterocycles. The highest BCUT2D eigenvalue weighted by atomic mass is 32.2. The van der Waals surface area contributed by atoms with E-state index in [-0.39, 0.29) is 10.9 Å². The Hall–Kier alpha value is -0.940. The summed E-state index contributed by atoms with van der Waals surface area (Å²) in [5, 5.41) is 0. The second-order valence-electron chi connectivity index (χ2n) is 6.81. The molecule has 1 N–H and O–H groups in total. The van der Waals surface area contributed by atoms with Crippen LogP contribution >= 0.6 is 0 Å². The first-order valence-electron chi connectivity index (χ1n) is 7.83. The van der Waals surface area contributed by atoms with E-state index in [1.54, 1.807) is 6.07 Å². The Morgan fingerprint density at radius 3 is 2.62 bits per heavy atom. The molecule has 114 valence electrons. The van der Waals surface area contributed by atoms with E-state index < -0.39 is 15.8 Å². The van der Waals surface area contributed by atoms with Gasteiger partial charge in [0.15, 0.2) is 0 Å². The summed E-state index contributed by atoms with van der Waals surface area (Å²) in [5.41, 5.74) is 0. The van der Waals surface area contributed by atoms with Crippen LogP contribution in [0.25, 0.3) is 0 Å². The lowest BCUT2D eigenvalue weighted by Gasteiger charge is -2.31. The van der Waals surface area contributed by atoms with Crippen LogP contribution in [0.3, 0.4) is 0 Å². The topological polar surface area (TPSA) is 46.2 Å². The van der Waals surface area contributed by atoms with E-state index >= 15 is 0 Å². The summed E-state index contributed by atoms with van der Waals surface area (Å²) in [4.78, 5) is -0.226. The summed E-state index contributed by atoms with van der Waals surface area (Å²) >= 11 is 0. The van der Waals surface area contributed by atoms with Crippen LogP contribution in [0.1, 0.15) is 32.1 Å². The van der Waals surface area contributed by atoms with Gasteiger partial charge in [-0.05, 0) is 61.5 Å². The predicted molar refractivity (Wildman–Crippen MR) is 77.6 cm³/mol. The molecule has 5 heteroatoms. The van der Waals surface area contributed by atoms with Crippen molar-refractivity contribution in [1.82, 2.24) is 4.72 Å². The van der Waals surface area contributed by atoms with Gasteiger partial charge in [-0.1, -0.05) is 18.6 Å². The maximum absolute atomic E-state index is 13.7. The average Bonchev–Trinajstić information content (AvgIpc) is 3.09. The van der Waals surface area contributed by atoms with Crippen molar-refractivity contribution in [1.29, 1.82) is 0 Å². The Morgan fingerprint density at radius 1 is 1.05 bits per heavy atom. The fourth-order valence-corrected chi connectivity index (χ4v) is 6.51. The number of sulfonamides is 1. The van der Waals surface area contributed by atoms with Gasteiger partial charge in [0.25, 0.3) is 0 Å². The molecule has 3 fully saturated rings. The quantitative estimate of drug-likeness (QED) is 0.933. The lowest BCUT2D eigenvalue weighted by Crippen LogP contribution is -2.42. The molecule has 5 unspecified atom stereocenters. The maximum atomic E-state index is 13.7. The van der Waals surface area contributed by atoms with Gasteiger partial charge >= 0.3 is 0 Å². The maximum Gasteiger partial charge on any atom is 0.243 e. The van der Waals surface area contributed by atoms with Gasteiger partial charge in [-0.15, -0.1) is 0 Å². The first-order valence-corrected chi connectivity index (χ1v) is 9.31. The number of fused-ring (bicyclic) bond motifs is 5. The Bertz CT molecular complexity index is 660. The summed E-state index contributed by atoms with van der Waals surface area (Å²) < 4.78 is 41.4. The van der Waals surface area contributed by atoms with E-state index in [2.05, 4.69) is 4.72 Å². The van der Waals surface area contributed by atoms with Gasteiger partial charge in [-0.3, -0.25) is 0 Å². The van der Waals surface area contributed by atoms with Crippen molar-refractivity contribution in [2.24, 2.45) is 23.7 Å². The van der Waals surface area contributed by atoms with Crippen LogP contribution in [0.5, 0.6) is 0 Å². The van der Waals surface area contributed by atoms with E-state index in [1.165, 1.54) is 37.5 Å². The van der Waals surface area contributed by atoms with Crippen molar-refractivity contribution in [2.75, 3.05) is 0 Å². The van der Waals surface area contributed by atoms with Gasteiger partial charge < -0.3 is 0 Å². The summed E-state index contributed by atoms with van der Waals surface area (Å²) in [5.74, 6) is 1.98. The molecule has 3 nitrogen and oxygen atoms in total. The molecular weight excluding hydrogens is 289 g/mol. The van der Waals surface area contributed by atoms with E-state index in [0.29, 0.717) is 17.8 Å². The zero-order valence-corrected chi connectivity index (χ0v) is 12.7. The zero-order valence-electron chi connectivity index (χ0n) is 11.8. The molecule has 4 rings (SSSR count). The van der Waals surface area contributed by atoms with Crippen LogP contribution in [0.4, 0.5) is 4.39 Å². The first kappa shape index (κ1) is 13.7. The van der Waals surface area contributed by atoms with Gasteiger partial charge in [-0.2, -0.15) is 0 Å². The van der Waals surface area contributed by atoms with E-state index in [9.17, 15) is 12.8 Å². The number of nitrogens with one attached hydrogen (secondary N) is 1. The third-order valence-electron chi connectivity index (χ3n) is 5.86. The van der Waals surface area contributed by atoms with Crippen LogP contribution < -0.4 is 4.72 Å². The minimum Gasteiger partial charge on any atom is -0.208 e. The molecular formula is C16H20FNO2S. The fourth-order valence-electron chi connectivity index (χ4n) is 5.13. The zero-order chi connectivity index (χ0) is 14.6. The highest BCUT2D eigenvalue weighted by molar-refractivity contribution is 7.89. The summed E-state index contributed by atoms with van der Waals surface area (Å²) in [6, 6.07) is 5.60. The third-order valence-corrected chi connectivity index (χ3v) is 7.38. The van der Waals surface area contributed by atoms with E-state index in [1.807, 2.05) is 0 Å². The molecule has 21 heavy (non-hydrogen) atoms. The van der Waals surface area contributed by atoms with Crippen LogP contribution in [0, 0.1) is 29.5 Å². The highest BCUT2D eigenvalue weighted by Gasteiger charge is 2.54. The van der Waals surface area contributed by atoms with Gasteiger partial charge in [-0.25, -0.2) is 17.5 Å². The van der Waals surface area contributed by atoms with Crippen LogP contribution in [-0.2, 0) is 10.0 Å². The van der Waals surface area contributed by atoms with Gasteiger partial charge in [0.1, 0.15) is 10.7 Å². The van der Waals surface area contributed by atoms with E-state index in [4.69, 9.17) is 0 Å². The molecule has 3 saturated carbocycles. The molecule has 0 saturated heterocycles. The molecule has 3 aliphatic carbocycles. The number of hydrogen-bond donors (Lipinski definition) is 1. The molecule has 1 aromatic rings. The van der Waals surface area contributed by atoms with Crippen LogP contribution in [-0.4, -0.2) is 14.5 Å². The molecule has 2 bridgehead atoms. The molecule has 0 spiro atoms. The molecule has 0 amide bonds. The van der Waals surface area contributed by atoms with Gasteiger partial charge in [0.2, 0.25) is 10.0 Å². The Balaban J connectivity index is 1.56. The largest absolute Gasteiger partial charge is 0.243 e. The molecule has 0 radical (unpaired) electrons. The lowest BCUT2D eigenvalue weighted by atomic mass is 9.79. The fraction of sp³-hybridized carbons (Fsp3) is 0.625. The lowest BCUT2D eigenvalue weighted by molar-refractivity contribution is 0.224. The minimum atomic E-state index is -3.75. The van der Waals surface area contributed by atoms with Crippen molar-refractivity contribution < 1.29 is 12.8 Å². The average molecular weight is 309 g/mol. The van der Waals surface area contributed by atoms with Crippen molar-refractivity contribution in [2.45, 2.75) is 43.0 Å². The van der Waals surface area contributed by atoms with Crippen LogP contribution in [0.2, 0.25) is 0 Å². The van der Waals surface area contributed by atoms with Crippen molar-refractivity contribution in [3.05, 3.63) is 30.1 Å². The van der Waals surface area contributed by atoms with Crippen molar-refractivity contribution in [3.63, 3.8) is 0 Å². The third kappa shape index (κ3) is 2.13. The van der Waals surface area contributed by atoms with Crippen molar-refractivity contribution >= 4 is 10.0 Å². The highest BCUT2D eigenvalue weighted by Crippen LogP contribution is 2.58. The summed E-state index contributed by atoms with van der Waals surface area (Å²) in [6.45, 7) is 0. The second-order valence-corrected chi connectivity index (χ2v) is 8.49. The number of halogens is 1. The standard InChI is InChI=1S/C16H20FNO2S/c17-14-6-1-2-7-16(14)21(19,20)18-15-9-10-8-13(15)12-5-3-4-11(10)12/h1-2,6-7,10-13,15,18H,3-5,8-9H2. The molecule has 3 aliphatic rings. The molecule has 5 atom stereocenters. The SMILES string of the molecule is O=S(=O)(NC1CC2CC1C1CCCC21)c1ccccc1F. The smallest absolute Gasteiger partial charge is 0.208 e. The molecule has 0 aromatic heterocycles. The predicted octanol–water partition coefficient (Wildman–Crippen LogP) is 2.93. The number of hydrogen-bond acceptors (Lipinski definition) is 2. The Kier molecular flexibility index (Phi) is 3.12. The Morgan fingerprint density at radius 2 is 1.81 bits per heavy atom. The minimum absolute atomic E-state index is 0.000967. The molecule has 0 aliphatic heterocycles. The van der Waals surface area contributed by atoms with Crippen LogP contribution in [0.15, 0.2) is 29.2 Å². The monoisotopic (exact) mass is 309 g/mol. The first-order chi connectivity index (χ1) is 10.1. The normalized spacial score (nSPS) is 37.9. The summed E-state index contributed by atoms with van der Waals surface area (Å²) in [6.07, 6.45) is 5.93.